The molecule has 176 valence electrons. The van der Waals surface area contributed by atoms with Crippen molar-refractivity contribution in [3.8, 4) is 0 Å². The first-order chi connectivity index (χ1) is 15.7. The fraction of sp³-hybridized carbons (Fsp3) is 0.421. The van der Waals surface area contributed by atoms with Gasteiger partial charge in [-0.25, -0.2) is 4.57 Å². The van der Waals surface area contributed by atoms with Gasteiger partial charge in [0.2, 0.25) is 12.2 Å². The maximum Gasteiger partial charge on any atom is 0.477 e. The Morgan fingerprint density at radius 2 is 2.21 bits per heavy atom. The van der Waals surface area contributed by atoms with Gasteiger partial charge < -0.3 is 25.3 Å². The van der Waals surface area contributed by atoms with Crippen molar-refractivity contribution >= 4 is 24.8 Å². The van der Waals surface area contributed by atoms with E-state index in [1.807, 2.05) is 0 Å². The minimum absolute atomic E-state index is 0.0648. The Kier molecular flexibility index (Phi) is 5.37. The van der Waals surface area contributed by atoms with Crippen LogP contribution in [0, 0.1) is 0 Å². The Bertz CT molecular complexity index is 1280. The van der Waals surface area contributed by atoms with Crippen molar-refractivity contribution in [2.24, 2.45) is 0 Å². The number of anilines is 1. The Morgan fingerprint density at radius 3 is 2.97 bits per heavy atom. The fourth-order valence-electron chi connectivity index (χ4n) is 3.90. The lowest BCUT2D eigenvalue weighted by atomic mass is 9.99. The van der Waals surface area contributed by atoms with Gasteiger partial charge in [-0.2, -0.15) is 4.98 Å². The third-order valence-corrected chi connectivity index (χ3v) is 7.09. The van der Waals surface area contributed by atoms with Crippen molar-refractivity contribution in [1.29, 1.82) is 0 Å². The van der Waals surface area contributed by atoms with Gasteiger partial charge in [-0.1, -0.05) is 6.07 Å². The Hall–Kier alpha value is -2.64. The highest BCUT2D eigenvalue weighted by atomic mass is 31.2. The Morgan fingerprint density at radius 1 is 1.39 bits per heavy atom. The third kappa shape index (κ3) is 3.87. The summed E-state index contributed by atoms with van der Waals surface area (Å²) in [5, 5.41) is 21.9. The van der Waals surface area contributed by atoms with Crippen LogP contribution in [0.25, 0.3) is 11.0 Å². The fourth-order valence-corrected chi connectivity index (χ4v) is 5.35. The van der Waals surface area contributed by atoms with Gasteiger partial charge in [0.05, 0.1) is 17.7 Å². The van der Waals surface area contributed by atoms with Crippen LogP contribution < -0.4 is 11.3 Å². The Balaban J connectivity index is 1.41. The predicted molar refractivity (Wildman–Crippen MR) is 113 cm³/mol. The number of aliphatic hydroxyl groups is 2. The summed E-state index contributed by atoms with van der Waals surface area (Å²) < 4.78 is 36.5. The molecule has 0 spiro atoms. The molecule has 0 aromatic carbocycles. The number of nitrogens with one attached hydrogen (secondary N) is 1. The lowest BCUT2D eigenvalue weighted by Crippen LogP contribution is -2.44. The quantitative estimate of drug-likeness (QED) is 0.391. The van der Waals surface area contributed by atoms with Crippen LogP contribution in [-0.4, -0.2) is 54.3 Å². The zero-order chi connectivity index (χ0) is 23.4. The molecule has 5 heterocycles. The molecule has 6 atom stereocenters. The number of H-pyrrole nitrogens is 1. The number of phosphoric ester groups is 1. The Labute approximate surface area is 186 Å². The second kappa shape index (κ2) is 7.99. The van der Waals surface area contributed by atoms with Crippen LogP contribution >= 0.6 is 7.82 Å². The molecule has 0 amide bonds. The van der Waals surface area contributed by atoms with Crippen molar-refractivity contribution < 1.29 is 33.1 Å². The average molecular weight is 479 g/mol. The normalized spacial score (nSPS) is 34.6. The highest BCUT2D eigenvalue weighted by Crippen LogP contribution is 2.59. The van der Waals surface area contributed by atoms with Crippen molar-refractivity contribution in [2.45, 2.75) is 43.7 Å². The van der Waals surface area contributed by atoms with Crippen LogP contribution in [0.4, 0.5) is 5.95 Å². The van der Waals surface area contributed by atoms with E-state index >= 15 is 0 Å². The third-order valence-electron chi connectivity index (χ3n) is 5.61. The van der Waals surface area contributed by atoms with E-state index < -0.39 is 43.7 Å². The zero-order valence-corrected chi connectivity index (χ0v) is 18.3. The van der Waals surface area contributed by atoms with Crippen LogP contribution in [0.2, 0.25) is 0 Å². The van der Waals surface area contributed by atoms with Gasteiger partial charge in [0.1, 0.15) is 17.8 Å². The monoisotopic (exact) mass is 479 g/mol. The summed E-state index contributed by atoms with van der Waals surface area (Å²) in [5.74, 6) is -0.132. The molecule has 2 aliphatic heterocycles. The first-order valence-electron chi connectivity index (χ1n) is 10.1. The molecule has 5 N–H and O–H groups in total. The highest BCUT2D eigenvalue weighted by molar-refractivity contribution is 7.48. The minimum atomic E-state index is -4.18. The van der Waals surface area contributed by atoms with Crippen molar-refractivity contribution in [3.05, 3.63) is 52.7 Å². The molecule has 33 heavy (non-hydrogen) atoms. The number of fused-ring (bicyclic) bond motifs is 1. The summed E-state index contributed by atoms with van der Waals surface area (Å²) in [6, 6.07) is 6.70. The predicted octanol–water partition coefficient (Wildman–Crippen LogP) is 0.971. The van der Waals surface area contributed by atoms with Gasteiger partial charge in [0.25, 0.3) is 5.56 Å². The maximum absolute atomic E-state index is 13.2. The minimum Gasteiger partial charge on any atom is -0.385 e. The number of nitrogens with two attached hydrogens (primary N) is 1. The molecule has 14 heteroatoms. The number of phosphoric acid groups is 1. The number of nitrogen functional groups attached to an aromatic ring is 1. The van der Waals surface area contributed by atoms with Gasteiger partial charge >= 0.3 is 7.82 Å². The lowest BCUT2D eigenvalue weighted by molar-refractivity contribution is -0.145. The summed E-state index contributed by atoms with van der Waals surface area (Å²) in [4.78, 5) is 22.8. The number of nitrogens with zero attached hydrogens (tertiary/aromatic N) is 3. The smallest absolute Gasteiger partial charge is 0.385 e. The number of hydrogen-bond donors (Lipinski definition) is 4. The average Bonchev–Trinajstić information content (AvgIpc) is 3.28. The SMILES string of the molecule is C[C@@]1(O)[C@H](O)C(OP2(=O)OCC[C@@H](c3ccccn3)O2)O[C@H]1n1ccc2c(=O)[nH]c(N)nc21. The van der Waals surface area contributed by atoms with Gasteiger partial charge in [-0.3, -0.25) is 28.3 Å². The zero-order valence-electron chi connectivity index (χ0n) is 17.4. The number of pyridine rings is 1. The van der Waals surface area contributed by atoms with E-state index in [1.165, 1.54) is 23.8 Å². The van der Waals surface area contributed by atoms with E-state index in [4.69, 9.17) is 24.0 Å². The number of rotatable bonds is 4. The van der Waals surface area contributed by atoms with Gasteiger partial charge in [-0.15, -0.1) is 0 Å². The van der Waals surface area contributed by atoms with E-state index in [-0.39, 0.29) is 23.6 Å². The molecule has 0 bridgehead atoms. The number of aromatic amines is 1. The van der Waals surface area contributed by atoms with Gasteiger partial charge in [0.15, 0.2) is 11.9 Å². The first kappa shape index (κ1) is 22.2. The molecular formula is C19H22N5O8P. The first-order valence-corrected chi connectivity index (χ1v) is 11.6. The van der Waals surface area contributed by atoms with Crippen molar-refractivity contribution in [2.75, 3.05) is 12.3 Å². The molecule has 3 aromatic rings. The molecule has 13 nitrogen and oxygen atoms in total. The lowest BCUT2D eigenvalue weighted by Gasteiger charge is -2.30. The number of hydrogen-bond acceptors (Lipinski definition) is 11. The molecule has 2 unspecified atom stereocenters. The van der Waals surface area contributed by atoms with E-state index in [0.717, 1.165) is 0 Å². The molecule has 0 saturated carbocycles. The summed E-state index contributed by atoms with van der Waals surface area (Å²) in [7, 11) is -4.18. The molecule has 3 aromatic heterocycles. The van der Waals surface area contributed by atoms with Crippen LogP contribution in [0.5, 0.6) is 0 Å². The van der Waals surface area contributed by atoms with Crippen LogP contribution in [0.3, 0.4) is 0 Å². The van der Waals surface area contributed by atoms with E-state index in [2.05, 4.69) is 15.0 Å². The molecule has 2 saturated heterocycles. The van der Waals surface area contributed by atoms with Crippen molar-refractivity contribution in [1.82, 2.24) is 19.5 Å². The molecule has 2 fully saturated rings. The summed E-state index contributed by atoms with van der Waals surface area (Å²) in [6.45, 7) is 1.37. The molecule has 0 radical (unpaired) electrons. The van der Waals surface area contributed by atoms with E-state index in [1.54, 1.807) is 24.4 Å². The number of aliphatic hydroxyl groups excluding tert-OH is 1. The second-order valence-corrected chi connectivity index (χ2v) is 9.54. The van der Waals surface area contributed by atoms with Crippen LogP contribution in [-0.2, 0) is 22.9 Å². The number of ether oxygens (including phenoxy) is 1. The standard InChI is InChI=1S/C19H22N5O8P/c1-19(27)13(25)16(30-17(19)24-8-5-10-14(24)22-18(20)23-15(10)26)32-33(28)29-9-6-12(31-33)11-4-2-3-7-21-11/h2-5,7-8,12-13,16-17,25,27H,6,9H2,1H3,(H3,20,22,23,26)/t12-,13+,16?,17+,19+,33?/m0/s1. The summed E-state index contributed by atoms with van der Waals surface area (Å²) >= 11 is 0. The summed E-state index contributed by atoms with van der Waals surface area (Å²) in [6.07, 6.45) is -1.69. The summed E-state index contributed by atoms with van der Waals surface area (Å²) in [5.41, 5.74) is 3.92. The van der Waals surface area contributed by atoms with E-state index in [0.29, 0.717) is 12.1 Å². The van der Waals surface area contributed by atoms with Gasteiger partial charge in [-0.05, 0) is 25.1 Å². The maximum atomic E-state index is 13.2. The molecular weight excluding hydrogens is 457 g/mol. The molecule has 5 rings (SSSR count). The largest absolute Gasteiger partial charge is 0.477 e. The van der Waals surface area contributed by atoms with Crippen LogP contribution in [0.1, 0.15) is 31.4 Å². The molecule has 2 aliphatic rings. The van der Waals surface area contributed by atoms with Crippen LogP contribution in [0.15, 0.2) is 41.5 Å². The second-order valence-electron chi connectivity index (χ2n) is 7.96. The van der Waals surface area contributed by atoms with E-state index in [9.17, 15) is 19.6 Å². The molecule has 0 aliphatic carbocycles. The highest BCUT2D eigenvalue weighted by Gasteiger charge is 2.57. The number of aromatic nitrogens is 4. The topological polar surface area (TPSA) is 184 Å². The van der Waals surface area contributed by atoms with Crippen molar-refractivity contribution in [3.63, 3.8) is 0 Å². The van der Waals surface area contributed by atoms with Gasteiger partial charge in [0, 0.05) is 18.8 Å².